The summed E-state index contributed by atoms with van der Waals surface area (Å²) in [4.78, 5) is 29.6. The van der Waals surface area contributed by atoms with Crippen molar-refractivity contribution in [2.75, 3.05) is 20.7 Å². The third-order valence-corrected chi connectivity index (χ3v) is 3.53. The number of aliphatic imine (C=N–C) groups is 1. The van der Waals surface area contributed by atoms with Gasteiger partial charge in [0.15, 0.2) is 0 Å². The fourth-order valence-electron chi connectivity index (χ4n) is 2.37. The second kappa shape index (κ2) is 7.12. The van der Waals surface area contributed by atoms with E-state index in [4.69, 9.17) is 5.73 Å². The standard InChI is InChI=1S/C13H24N4O3/c1-8(2)10(16-13(19)20-4)12(18)17-7-5-6-9(17)11(14)15-3/h8-10H,5-7H2,1-4H3,(H2,14,15)(H,16,19)/t9?,10-/m0/s1. The summed E-state index contributed by atoms with van der Waals surface area (Å²) >= 11 is 0. The Labute approximate surface area is 119 Å². The van der Waals surface area contributed by atoms with Gasteiger partial charge in [-0.1, -0.05) is 13.8 Å². The number of ether oxygens (including phenoxy) is 1. The minimum atomic E-state index is -0.618. The molecule has 114 valence electrons. The minimum Gasteiger partial charge on any atom is -0.453 e. The van der Waals surface area contributed by atoms with Crippen molar-refractivity contribution >= 4 is 17.8 Å². The number of amidine groups is 1. The van der Waals surface area contributed by atoms with Gasteiger partial charge in [-0.05, 0) is 18.8 Å². The van der Waals surface area contributed by atoms with E-state index >= 15 is 0 Å². The predicted octanol–water partition coefficient (Wildman–Crippen LogP) is 0.345. The number of alkyl carbamates (subject to hydrolysis) is 1. The van der Waals surface area contributed by atoms with Gasteiger partial charge >= 0.3 is 6.09 Å². The second-order valence-electron chi connectivity index (χ2n) is 5.20. The first-order chi connectivity index (χ1) is 9.42. The first-order valence-electron chi connectivity index (χ1n) is 6.79. The lowest BCUT2D eigenvalue weighted by atomic mass is 10.0. The molecule has 0 aromatic heterocycles. The molecule has 0 aromatic rings. The Kier molecular flexibility index (Phi) is 5.79. The second-order valence-corrected chi connectivity index (χ2v) is 5.20. The van der Waals surface area contributed by atoms with Gasteiger partial charge in [-0.25, -0.2) is 4.79 Å². The van der Waals surface area contributed by atoms with Crippen molar-refractivity contribution in [2.45, 2.75) is 38.8 Å². The van der Waals surface area contributed by atoms with Crippen molar-refractivity contribution in [3.05, 3.63) is 0 Å². The molecule has 7 heteroatoms. The third-order valence-electron chi connectivity index (χ3n) is 3.53. The van der Waals surface area contributed by atoms with Crippen LogP contribution >= 0.6 is 0 Å². The largest absolute Gasteiger partial charge is 0.453 e. The van der Waals surface area contributed by atoms with Crippen molar-refractivity contribution in [3.8, 4) is 0 Å². The number of nitrogens with one attached hydrogen (secondary N) is 1. The zero-order valence-electron chi connectivity index (χ0n) is 12.5. The average molecular weight is 284 g/mol. The highest BCUT2D eigenvalue weighted by Gasteiger charge is 2.36. The SMILES string of the molecule is CN=C(N)C1CCCN1C(=O)[C@@H](NC(=O)OC)C(C)C. The minimum absolute atomic E-state index is 0.0392. The summed E-state index contributed by atoms with van der Waals surface area (Å²) in [6, 6.07) is -0.791. The molecule has 1 heterocycles. The first-order valence-corrected chi connectivity index (χ1v) is 6.79. The van der Waals surface area contributed by atoms with E-state index in [2.05, 4.69) is 15.0 Å². The molecule has 2 amide bonds. The highest BCUT2D eigenvalue weighted by atomic mass is 16.5. The van der Waals surface area contributed by atoms with Gasteiger partial charge < -0.3 is 20.7 Å². The number of nitrogens with two attached hydrogens (primary N) is 1. The molecule has 2 atom stereocenters. The molecule has 1 rings (SSSR count). The van der Waals surface area contributed by atoms with E-state index in [-0.39, 0.29) is 17.9 Å². The Morgan fingerprint density at radius 2 is 2.10 bits per heavy atom. The molecule has 7 nitrogen and oxygen atoms in total. The molecular weight excluding hydrogens is 260 g/mol. The smallest absolute Gasteiger partial charge is 0.407 e. The lowest BCUT2D eigenvalue weighted by molar-refractivity contribution is -0.134. The van der Waals surface area contributed by atoms with E-state index < -0.39 is 12.1 Å². The van der Waals surface area contributed by atoms with E-state index in [1.807, 2.05) is 13.8 Å². The van der Waals surface area contributed by atoms with Crippen LogP contribution in [-0.4, -0.2) is 55.5 Å². The Morgan fingerprint density at radius 1 is 1.45 bits per heavy atom. The van der Waals surface area contributed by atoms with E-state index in [0.717, 1.165) is 12.8 Å². The van der Waals surface area contributed by atoms with Crippen LogP contribution in [0.4, 0.5) is 4.79 Å². The first kappa shape index (κ1) is 16.3. The van der Waals surface area contributed by atoms with Gasteiger partial charge in [0.25, 0.3) is 0 Å². The van der Waals surface area contributed by atoms with Crippen LogP contribution in [0.5, 0.6) is 0 Å². The van der Waals surface area contributed by atoms with Crippen LogP contribution in [0.1, 0.15) is 26.7 Å². The summed E-state index contributed by atoms with van der Waals surface area (Å²) in [5.74, 6) is 0.276. The zero-order chi connectivity index (χ0) is 15.3. The number of carbonyl (C=O) groups excluding carboxylic acids is 2. The van der Waals surface area contributed by atoms with Crippen molar-refractivity contribution in [2.24, 2.45) is 16.6 Å². The highest BCUT2D eigenvalue weighted by molar-refractivity contribution is 5.93. The maximum atomic E-state index is 12.6. The predicted molar refractivity (Wildman–Crippen MR) is 76.4 cm³/mol. The third kappa shape index (κ3) is 3.61. The van der Waals surface area contributed by atoms with E-state index in [1.165, 1.54) is 7.11 Å². The molecule has 1 fully saturated rings. The van der Waals surface area contributed by atoms with Gasteiger partial charge in [-0.2, -0.15) is 0 Å². The maximum absolute atomic E-state index is 12.6. The summed E-state index contributed by atoms with van der Waals surface area (Å²) < 4.78 is 4.57. The number of hydrogen-bond acceptors (Lipinski definition) is 4. The Balaban J connectivity index is 2.86. The Morgan fingerprint density at radius 3 is 2.60 bits per heavy atom. The number of carbonyl (C=O) groups is 2. The van der Waals surface area contributed by atoms with Gasteiger partial charge in [0.05, 0.1) is 13.2 Å². The van der Waals surface area contributed by atoms with Crippen molar-refractivity contribution in [3.63, 3.8) is 0 Å². The molecule has 3 N–H and O–H groups in total. The summed E-state index contributed by atoms with van der Waals surface area (Å²) in [5, 5.41) is 2.59. The number of nitrogens with zero attached hydrogens (tertiary/aromatic N) is 2. The summed E-state index contributed by atoms with van der Waals surface area (Å²) in [7, 11) is 2.89. The molecule has 0 aliphatic carbocycles. The monoisotopic (exact) mass is 284 g/mol. The molecular formula is C13H24N4O3. The summed E-state index contributed by atoms with van der Waals surface area (Å²) in [6.45, 7) is 4.38. The van der Waals surface area contributed by atoms with Crippen LogP contribution in [0.25, 0.3) is 0 Å². The number of likely N-dealkylation sites (tertiary alicyclic amines) is 1. The molecule has 1 unspecified atom stereocenters. The van der Waals surface area contributed by atoms with Crippen LogP contribution < -0.4 is 11.1 Å². The van der Waals surface area contributed by atoms with Crippen LogP contribution in [0.15, 0.2) is 4.99 Å². The number of rotatable bonds is 4. The van der Waals surface area contributed by atoms with Crippen LogP contribution in [-0.2, 0) is 9.53 Å². The lowest BCUT2D eigenvalue weighted by Gasteiger charge is -2.30. The molecule has 20 heavy (non-hydrogen) atoms. The molecule has 0 aromatic carbocycles. The van der Waals surface area contributed by atoms with E-state index in [9.17, 15) is 9.59 Å². The lowest BCUT2D eigenvalue weighted by Crippen LogP contribution is -2.54. The van der Waals surface area contributed by atoms with Crippen LogP contribution in [0, 0.1) is 5.92 Å². The molecule has 0 spiro atoms. The number of hydrogen-bond donors (Lipinski definition) is 2. The average Bonchev–Trinajstić information content (AvgIpc) is 2.91. The number of amides is 2. The van der Waals surface area contributed by atoms with Crippen LogP contribution in [0.2, 0.25) is 0 Å². The number of methoxy groups -OCH3 is 1. The Hall–Kier alpha value is -1.79. The molecule has 1 aliphatic heterocycles. The molecule has 0 saturated carbocycles. The van der Waals surface area contributed by atoms with Gasteiger partial charge in [-0.15, -0.1) is 0 Å². The van der Waals surface area contributed by atoms with Gasteiger partial charge in [-0.3, -0.25) is 9.79 Å². The maximum Gasteiger partial charge on any atom is 0.407 e. The van der Waals surface area contributed by atoms with Crippen molar-refractivity contribution in [1.29, 1.82) is 0 Å². The van der Waals surface area contributed by atoms with Gasteiger partial charge in [0, 0.05) is 13.6 Å². The fraction of sp³-hybridized carbons (Fsp3) is 0.769. The highest BCUT2D eigenvalue weighted by Crippen LogP contribution is 2.20. The molecule has 0 bridgehead atoms. The normalized spacial score (nSPS) is 20.9. The summed E-state index contributed by atoms with van der Waals surface area (Å²) in [5.41, 5.74) is 5.85. The van der Waals surface area contributed by atoms with Gasteiger partial charge in [0.2, 0.25) is 5.91 Å². The topological polar surface area (TPSA) is 97.0 Å². The van der Waals surface area contributed by atoms with E-state index in [1.54, 1.807) is 11.9 Å². The zero-order valence-corrected chi connectivity index (χ0v) is 12.5. The fourth-order valence-corrected chi connectivity index (χ4v) is 2.37. The van der Waals surface area contributed by atoms with E-state index in [0.29, 0.717) is 12.4 Å². The Bertz CT molecular complexity index is 395. The van der Waals surface area contributed by atoms with Crippen molar-refractivity contribution in [1.82, 2.24) is 10.2 Å². The molecule has 0 radical (unpaired) electrons. The van der Waals surface area contributed by atoms with Crippen LogP contribution in [0.3, 0.4) is 0 Å². The van der Waals surface area contributed by atoms with Gasteiger partial charge in [0.1, 0.15) is 11.9 Å². The summed E-state index contributed by atoms with van der Waals surface area (Å²) in [6.07, 6.45) is 1.08. The molecule has 1 saturated heterocycles. The quantitative estimate of drug-likeness (QED) is 0.575. The van der Waals surface area contributed by atoms with Crippen molar-refractivity contribution < 1.29 is 14.3 Å². The molecule has 1 aliphatic rings.